The number of hydrogen-bond donors (Lipinski definition) is 1. The highest BCUT2D eigenvalue weighted by atomic mass is 35.5. The Labute approximate surface area is 136 Å². The summed E-state index contributed by atoms with van der Waals surface area (Å²) in [4.78, 5) is 5.67. The first-order valence-corrected chi connectivity index (χ1v) is 8.39. The van der Waals surface area contributed by atoms with Gasteiger partial charge in [0, 0.05) is 28.9 Å². The molecule has 0 bridgehead atoms. The molecule has 0 aliphatic heterocycles. The van der Waals surface area contributed by atoms with Gasteiger partial charge in [0.2, 0.25) is 0 Å². The van der Waals surface area contributed by atoms with Crippen molar-refractivity contribution >= 4 is 29.1 Å². The smallest absolute Gasteiger partial charge is 0.173 e. The standard InChI is InChI=1S/C16H22ClN3S/c1-6-20-12(5)11(4)19-16(20)21-15-8-7-13(9-14(15)17)18-10(2)3/h7-10,18H,6H2,1-5H3. The highest BCUT2D eigenvalue weighted by molar-refractivity contribution is 7.99. The van der Waals surface area contributed by atoms with Crippen LogP contribution in [0.15, 0.2) is 28.3 Å². The van der Waals surface area contributed by atoms with Crippen LogP contribution in [0.5, 0.6) is 0 Å². The fourth-order valence-electron chi connectivity index (χ4n) is 2.18. The predicted molar refractivity (Wildman–Crippen MR) is 91.7 cm³/mol. The van der Waals surface area contributed by atoms with Gasteiger partial charge in [-0.15, -0.1) is 0 Å². The van der Waals surface area contributed by atoms with E-state index < -0.39 is 0 Å². The lowest BCUT2D eigenvalue weighted by molar-refractivity contribution is 0.662. The van der Waals surface area contributed by atoms with Gasteiger partial charge in [0.15, 0.2) is 5.16 Å². The number of rotatable bonds is 5. The van der Waals surface area contributed by atoms with Crippen molar-refractivity contribution in [3.8, 4) is 0 Å². The molecule has 21 heavy (non-hydrogen) atoms. The monoisotopic (exact) mass is 323 g/mol. The quantitative estimate of drug-likeness (QED) is 0.825. The largest absolute Gasteiger partial charge is 0.383 e. The second-order valence-corrected chi connectivity index (χ2v) is 6.77. The van der Waals surface area contributed by atoms with E-state index in [4.69, 9.17) is 11.6 Å². The Kier molecular flexibility index (Phi) is 5.22. The van der Waals surface area contributed by atoms with Crippen molar-refractivity contribution in [2.24, 2.45) is 0 Å². The van der Waals surface area contributed by atoms with E-state index in [1.165, 1.54) is 5.69 Å². The van der Waals surface area contributed by atoms with Crippen molar-refractivity contribution in [1.82, 2.24) is 9.55 Å². The van der Waals surface area contributed by atoms with Gasteiger partial charge in [-0.1, -0.05) is 23.4 Å². The molecular formula is C16H22ClN3S. The van der Waals surface area contributed by atoms with Crippen molar-refractivity contribution in [3.05, 3.63) is 34.6 Å². The molecule has 0 saturated carbocycles. The van der Waals surface area contributed by atoms with E-state index in [2.05, 4.69) is 54.7 Å². The Hall–Kier alpha value is -1.13. The molecule has 0 spiro atoms. The summed E-state index contributed by atoms with van der Waals surface area (Å²) in [5.41, 5.74) is 3.34. The van der Waals surface area contributed by atoms with E-state index in [9.17, 15) is 0 Å². The van der Waals surface area contributed by atoms with Crippen LogP contribution in [0.25, 0.3) is 0 Å². The molecule has 0 saturated heterocycles. The number of nitrogens with zero attached hydrogens (tertiary/aromatic N) is 2. The lowest BCUT2D eigenvalue weighted by Crippen LogP contribution is -2.09. The molecule has 114 valence electrons. The molecule has 0 aliphatic carbocycles. The van der Waals surface area contributed by atoms with Crippen molar-refractivity contribution in [2.45, 2.75) is 57.3 Å². The molecule has 0 fully saturated rings. The molecule has 0 unspecified atom stereocenters. The fourth-order valence-corrected chi connectivity index (χ4v) is 3.52. The Morgan fingerprint density at radius 2 is 2.05 bits per heavy atom. The first-order chi connectivity index (χ1) is 9.92. The van der Waals surface area contributed by atoms with Crippen molar-refractivity contribution < 1.29 is 0 Å². The van der Waals surface area contributed by atoms with Gasteiger partial charge in [-0.05, 0) is 52.8 Å². The van der Waals surface area contributed by atoms with Crippen molar-refractivity contribution in [3.63, 3.8) is 0 Å². The summed E-state index contributed by atoms with van der Waals surface area (Å²) in [6, 6.07) is 6.48. The number of aromatic nitrogens is 2. The van der Waals surface area contributed by atoms with Crippen LogP contribution >= 0.6 is 23.4 Å². The topological polar surface area (TPSA) is 29.9 Å². The highest BCUT2D eigenvalue weighted by Crippen LogP contribution is 2.35. The van der Waals surface area contributed by atoms with Gasteiger partial charge < -0.3 is 9.88 Å². The maximum absolute atomic E-state index is 6.41. The molecular weight excluding hydrogens is 302 g/mol. The van der Waals surface area contributed by atoms with Crippen LogP contribution in [0.3, 0.4) is 0 Å². The summed E-state index contributed by atoms with van der Waals surface area (Å²) >= 11 is 8.03. The first kappa shape index (κ1) is 16.2. The molecule has 5 heteroatoms. The molecule has 0 aliphatic rings. The lowest BCUT2D eigenvalue weighted by Gasteiger charge is -2.12. The average molecular weight is 324 g/mol. The van der Waals surface area contributed by atoms with Gasteiger partial charge in [-0.25, -0.2) is 4.98 Å². The summed E-state index contributed by atoms with van der Waals surface area (Å²) in [7, 11) is 0. The SMILES string of the molecule is CCn1c(Sc2ccc(NC(C)C)cc2Cl)nc(C)c1C. The zero-order chi connectivity index (χ0) is 15.6. The molecule has 0 amide bonds. The molecule has 1 heterocycles. The van der Waals surface area contributed by atoms with Gasteiger partial charge in [0.1, 0.15) is 0 Å². The maximum atomic E-state index is 6.41. The van der Waals surface area contributed by atoms with Crippen LogP contribution < -0.4 is 5.32 Å². The van der Waals surface area contributed by atoms with Crippen LogP contribution in [-0.2, 0) is 6.54 Å². The number of imidazole rings is 1. The van der Waals surface area contributed by atoms with Crippen LogP contribution in [0.2, 0.25) is 5.02 Å². The Bertz CT molecular complexity index is 635. The summed E-state index contributed by atoms with van der Waals surface area (Å²) in [6.45, 7) is 11.4. The molecule has 1 aromatic heterocycles. The zero-order valence-electron chi connectivity index (χ0n) is 13.2. The normalized spacial score (nSPS) is 11.2. The van der Waals surface area contributed by atoms with Gasteiger partial charge in [0.05, 0.1) is 10.7 Å². The Morgan fingerprint density at radius 1 is 1.33 bits per heavy atom. The summed E-state index contributed by atoms with van der Waals surface area (Å²) < 4.78 is 2.22. The number of benzene rings is 1. The number of nitrogens with one attached hydrogen (secondary N) is 1. The Balaban J connectivity index is 2.26. The summed E-state index contributed by atoms with van der Waals surface area (Å²) in [5.74, 6) is 0. The first-order valence-electron chi connectivity index (χ1n) is 7.20. The van der Waals surface area contributed by atoms with Gasteiger partial charge in [-0.2, -0.15) is 0 Å². The van der Waals surface area contributed by atoms with Crippen LogP contribution in [0, 0.1) is 13.8 Å². The summed E-state index contributed by atoms with van der Waals surface area (Å²) in [6.07, 6.45) is 0. The number of aryl methyl sites for hydroxylation is 1. The van der Waals surface area contributed by atoms with Crippen LogP contribution in [0.4, 0.5) is 5.69 Å². The molecule has 1 aromatic carbocycles. The third-order valence-electron chi connectivity index (χ3n) is 3.33. The van der Waals surface area contributed by atoms with E-state index in [0.717, 1.165) is 33.0 Å². The van der Waals surface area contributed by atoms with E-state index in [1.54, 1.807) is 11.8 Å². The van der Waals surface area contributed by atoms with Crippen molar-refractivity contribution in [2.75, 3.05) is 5.32 Å². The second-order valence-electron chi connectivity index (χ2n) is 5.36. The third kappa shape index (κ3) is 3.74. The van der Waals surface area contributed by atoms with Crippen molar-refractivity contribution in [1.29, 1.82) is 0 Å². The lowest BCUT2D eigenvalue weighted by atomic mass is 10.3. The van der Waals surface area contributed by atoms with Gasteiger partial charge >= 0.3 is 0 Å². The van der Waals surface area contributed by atoms with Crippen LogP contribution in [0.1, 0.15) is 32.2 Å². The number of halogens is 1. The second kappa shape index (κ2) is 6.75. The van der Waals surface area contributed by atoms with Gasteiger partial charge in [0.25, 0.3) is 0 Å². The third-order valence-corrected chi connectivity index (χ3v) is 4.82. The molecule has 0 atom stereocenters. The average Bonchev–Trinajstić information content (AvgIpc) is 2.67. The molecule has 3 nitrogen and oxygen atoms in total. The van der Waals surface area contributed by atoms with E-state index in [0.29, 0.717) is 6.04 Å². The minimum Gasteiger partial charge on any atom is -0.383 e. The minimum atomic E-state index is 0.392. The molecule has 2 aromatic rings. The fraction of sp³-hybridized carbons (Fsp3) is 0.438. The van der Waals surface area contributed by atoms with E-state index in [1.807, 2.05) is 13.0 Å². The zero-order valence-corrected chi connectivity index (χ0v) is 14.8. The van der Waals surface area contributed by atoms with E-state index in [-0.39, 0.29) is 0 Å². The van der Waals surface area contributed by atoms with E-state index >= 15 is 0 Å². The Morgan fingerprint density at radius 3 is 2.62 bits per heavy atom. The maximum Gasteiger partial charge on any atom is 0.173 e. The summed E-state index contributed by atoms with van der Waals surface area (Å²) in [5, 5.41) is 5.11. The minimum absolute atomic E-state index is 0.392. The van der Waals surface area contributed by atoms with Gasteiger partial charge in [-0.3, -0.25) is 0 Å². The number of anilines is 1. The predicted octanol–water partition coefficient (Wildman–Crippen LogP) is 5.14. The van der Waals surface area contributed by atoms with Crippen LogP contribution in [-0.4, -0.2) is 15.6 Å². The number of hydrogen-bond acceptors (Lipinski definition) is 3. The highest BCUT2D eigenvalue weighted by Gasteiger charge is 2.13. The molecule has 1 N–H and O–H groups in total. The molecule has 0 radical (unpaired) electrons. The molecule has 2 rings (SSSR count).